The van der Waals surface area contributed by atoms with Gasteiger partial charge in [0.1, 0.15) is 11.9 Å². The normalized spacial score (nSPS) is 26.1. The standard InChI is InChI=1S/C16H24N2O2/c1-5-16(4)15(19)18(6-2)14(17-16)12-8-10-13(11-9-12)20-7-3/h8-11,14,17H,5-7H2,1-4H3. The van der Waals surface area contributed by atoms with Crippen LogP contribution in [0.3, 0.4) is 0 Å². The molecule has 0 aliphatic carbocycles. The number of benzene rings is 1. The summed E-state index contributed by atoms with van der Waals surface area (Å²) >= 11 is 0. The summed E-state index contributed by atoms with van der Waals surface area (Å²) in [5, 5.41) is 3.47. The lowest BCUT2D eigenvalue weighted by molar-refractivity contribution is -0.132. The highest BCUT2D eigenvalue weighted by Gasteiger charge is 2.46. The van der Waals surface area contributed by atoms with Gasteiger partial charge in [0, 0.05) is 6.54 Å². The molecule has 0 bridgehead atoms. The van der Waals surface area contributed by atoms with Crippen LogP contribution in [-0.4, -0.2) is 29.5 Å². The number of ether oxygens (including phenoxy) is 1. The molecule has 0 spiro atoms. The summed E-state index contributed by atoms with van der Waals surface area (Å²) in [4.78, 5) is 14.4. The number of hydrogen-bond donors (Lipinski definition) is 1. The Kier molecular flexibility index (Phi) is 4.33. The van der Waals surface area contributed by atoms with E-state index in [4.69, 9.17) is 4.74 Å². The summed E-state index contributed by atoms with van der Waals surface area (Å²) in [7, 11) is 0. The predicted octanol–water partition coefficient (Wildman–Crippen LogP) is 2.70. The largest absolute Gasteiger partial charge is 0.494 e. The summed E-state index contributed by atoms with van der Waals surface area (Å²) in [6, 6.07) is 7.97. The zero-order valence-corrected chi connectivity index (χ0v) is 12.8. The first-order chi connectivity index (χ1) is 9.55. The molecular formula is C16H24N2O2. The van der Waals surface area contributed by atoms with Crippen molar-refractivity contribution in [2.75, 3.05) is 13.2 Å². The van der Waals surface area contributed by atoms with Gasteiger partial charge in [-0.15, -0.1) is 0 Å². The molecule has 0 aromatic heterocycles. The summed E-state index contributed by atoms with van der Waals surface area (Å²) in [6.45, 7) is 9.37. The molecule has 4 heteroatoms. The molecule has 1 saturated heterocycles. The fraction of sp³-hybridized carbons (Fsp3) is 0.562. The Balaban J connectivity index is 2.25. The third-order valence-electron chi connectivity index (χ3n) is 4.05. The summed E-state index contributed by atoms with van der Waals surface area (Å²) in [6.07, 6.45) is 0.740. The molecule has 1 aliphatic heterocycles. The van der Waals surface area contributed by atoms with Crippen LogP contribution in [-0.2, 0) is 4.79 Å². The molecule has 1 amide bonds. The van der Waals surface area contributed by atoms with E-state index in [1.54, 1.807) is 0 Å². The van der Waals surface area contributed by atoms with E-state index < -0.39 is 5.54 Å². The number of amides is 1. The topological polar surface area (TPSA) is 41.6 Å². The third kappa shape index (κ3) is 2.52. The van der Waals surface area contributed by atoms with Gasteiger partial charge in [-0.2, -0.15) is 0 Å². The molecule has 1 aliphatic rings. The van der Waals surface area contributed by atoms with E-state index in [1.165, 1.54) is 0 Å². The van der Waals surface area contributed by atoms with Gasteiger partial charge in [0.25, 0.3) is 0 Å². The van der Waals surface area contributed by atoms with Crippen molar-refractivity contribution in [3.8, 4) is 5.75 Å². The maximum atomic E-state index is 12.5. The van der Waals surface area contributed by atoms with E-state index in [0.717, 1.165) is 17.7 Å². The van der Waals surface area contributed by atoms with Crippen LogP contribution in [0.4, 0.5) is 0 Å². The molecule has 0 saturated carbocycles. The van der Waals surface area contributed by atoms with Crippen molar-refractivity contribution in [3.63, 3.8) is 0 Å². The van der Waals surface area contributed by atoms with Gasteiger partial charge in [0.2, 0.25) is 5.91 Å². The minimum absolute atomic E-state index is 0.0480. The lowest BCUT2D eigenvalue weighted by atomic mass is 9.99. The van der Waals surface area contributed by atoms with E-state index in [2.05, 4.69) is 5.32 Å². The van der Waals surface area contributed by atoms with Crippen LogP contribution in [0.15, 0.2) is 24.3 Å². The molecule has 1 fully saturated rings. The highest BCUT2D eigenvalue weighted by Crippen LogP contribution is 2.32. The van der Waals surface area contributed by atoms with Crippen LogP contribution in [0.1, 0.15) is 45.8 Å². The Labute approximate surface area is 121 Å². The quantitative estimate of drug-likeness (QED) is 0.899. The van der Waals surface area contributed by atoms with Gasteiger partial charge in [0.05, 0.1) is 12.1 Å². The maximum Gasteiger partial charge on any atom is 0.244 e. The monoisotopic (exact) mass is 276 g/mol. The smallest absolute Gasteiger partial charge is 0.244 e. The molecular weight excluding hydrogens is 252 g/mol. The van der Waals surface area contributed by atoms with Gasteiger partial charge in [-0.05, 0) is 44.9 Å². The minimum atomic E-state index is -0.459. The Morgan fingerprint density at radius 1 is 1.25 bits per heavy atom. The van der Waals surface area contributed by atoms with Crippen molar-refractivity contribution in [1.82, 2.24) is 10.2 Å². The van der Waals surface area contributed by atoms with Crippen molar-refractivity contribution in [2.45, 2.75) is 45.8 Å². The van der Waals surface area contributed by atoms with Crippen LogP contribution < -0.4 is 10.1 Å². The molecule has 2 atom stereocenters. The van der Waals surface area contributed by atoms with Gasteiger partial charge < -0.3 is 9.64 Å². The first kappa shape index (κ1) is 14.9. The van der Waals surface area contributed by atoms with Crippen molar-refractivity contribution >= 4 is 5.91 Å². The van der Waals surface area contributed by atoms with Crippen molar-refractivity contribution in [2.24, 2.45) is 0 Å². The number of nitrogens with zero attached hydrogens (tertiary/aromatic N) is 1. The second-order valence-corrected chi connectivity index (χ2v) is 5.33. The number of likely N-dealkylation sites (N-methyl/N-ethyl adjacent to an activating group) is 1. The average Bonchev–Trinajstić information content (AvgIpc) is 2.73. The molecule has 20 heavy (non-hydrogen) atoms. The maximum absolute atomic E-state index is 12.5. The van der Waals surface area contributed by atoms with E-state index in [1.807, 2.05) is 56.9 Å². The highest BCUT2D eigenvalue weighted by molar-refractivity contribution is 5.88. The van der Waals surface area contributed by atoms with Crippen LogP contribution in [0.5, 0.6) is 5.75 Å². The summed E-state index contributed by atoms with van der Waals surface area (Å²) < 4.78 is 5.46. The lowest BCUT2D eigenvalue weighted by Crippen LogP contribution is -2.42. The number of carbonyl (C=O) groups is 1. The highest BCUT2D eigenvalue weighted by atomic mass is 16.5. The second kappa shape index (κ2) is 5.83. The fourth-order valence-electron chi connectivity index (χ4n) is 2.63. The van der Waals surface area contributed by atoms with Gasteiger partial charge in [-0.3, -0.25) is 10.1 Å². The van der Waals surface area contributed by atoms with E-state index in [0.29, 0.717) is 13.2 Å². The lowest BCUT2D eigenvalue weighted by Gasteiger charge is -2.23. The molecule has 110 valence electrons. The number of rotatable bonds is 5. The van der Waals surface area contributed by atoms with Gasteiger partial charge in [-0.1, -0.05) is 19.1 Å². The third-order valence-corrected chi connectivity index (χ3v) is 4.05. The molecule has 2 unspecified atom stereocenters. The number of carbonyl (C=O) groups excluding carboxylic acids is 1. The Hall–Kier alpha value is -1.55. The van der Waals surface area contributed by atoms with Gasteiger partial charge in [0.15, 0.2) is 0 Å². The van der Waals surface area contributed by atoms with Crippen molar-refractivity contribution in [1.29, 1.82) is 0 Å². The van der Waals surface area contributed by atoms with Crippen molar-refractivity contribution in [3.05, 3.63) is 29.8 Å². The minimum Gasteiger partial charge on any atom is -0.494 e. The van der Waals surface area contributed by atoms with Crippen LogP contribution in [0.25, 0.3) is 0 Å². The zero-order valence-electron chi connectivity index (χ0n) is 12.8. The Morgan fingerprint density at radius 2 is 1.90 bits per heavy atom. The number of hydrogen-bond acceptors (Lipinski definition) is 3. The van der Waals surface area contributed by atoms with E-state index in [9.17, 15) is 4.79 Å². The Morgan fingerprint density at radius 3 is 2.40 bits per heavy atom. The first-order valence-corrected chi connectivity index (χ1v) is 7.37. The summed E-state index contributed by atoms with van der Waals surface area (Å²) in [5.41, 5.74) is 0.639. The molecule has 1 heterocycles. The van der Waals surface area contributed by atoms with Crippen LogP contribution in [0.2, 0.25) is 0 Å². The number of nitrogens with one attached hydrogen (secondary N) is 1. The molecule has 1 aromatic rings. The van der Waals surface area contributed by atoms with E-state index >= 15 is 0 Å². The first-order valence-electron chi connectivity index (χ1n) is 7.37. The van der Waals surface area contributed by atoms with Crippen LogP contribution in [0, 0.1) is 0 Å². The van der Waals surface area contributed by atoms with Crippen LogP contribution >= 0.6 is 0 Å². The van der Waals surface area contributed by atoms with Gasteiger partial charge in [-0.25, -0.2) is 0 Å². The fourth-order valence-corrected chi connectivity index (χ4v) is 2.63. The predicted molar refractivity (Wildman–Crippen MR) is 79.6 cm³/mol. The molecule has 1 N–H and O–H groups in total. The second-order valence-electron chi connectivity index (χ2n) is 5.33. The molecule has 0 radical (unpaired) electrons. The SMILES string of the molecule is CCOc1ccc(C2NC(C)(CC)C(=O)N2CC)cc1. The average molecular weight is 276 g/mol. The summed E-state index contributed by atoms with van der Waals surface area (Å²) in [5.74, 6) is 1.04. The van der Waals surface area contributed by atoms with Crippen molar-refractivity contribution < 1.29 is 9.53 Å². The Bertz CT molecular complexity index is 472. The zero-order chi connectivity index (χ0) is 14.8. The molecule has 2 rings (SSSR count). The van der Waals surface area contributed by atoms with Gasteiger partial charge >= 0.3 is 0 Å². The van der Waals surface area contributed by atoms with E-state index in [-0.39, 0.29) is 12.1 Å². The molecule has 1 aromatic carbocycles. The molecule has 4 nitrogen and oxygen atoms in total.